The molecule has 22 heavy (non-hydrogen) atoms. The summed E-state index contributed by atoms with van der Waals surface area (Å²) in [5.41, 5.74) is 0.844. The quantitative estimate of drug-likeness (QED) is 0.504. The van der Waals surface area contributed by atoms with Crippen LogP contribution >= 0.6 is 0 Å². The molecule has 0 saturated heterocycles. The van der Waals surface area contributed by atoms with Gasteiger partial charge in [0.15, 0.2) is 0 Å². The van der Waals surface area contributed by atoms with Crippen molar-refractivity contribution >= 4 is 5.97 Å². The average Bonchev–Trinajstić information content (AvgIpc) is 3.03. The molecule has 3 saturated carbocycles. The van der Waals surface area contributed by atoms with E-state index in [0.29, 0.717) is 16.9 Å². The van der Waals surface area contributed by atoms with Crippen LogP contribution in [0.5, 0.6) is 0 Å². The second-order valence-electron chi connectivity index (χ2n) is 8.31. The topological polar surface area (TPSA) is 26.3 Å². The number of hydrogen-bond acceptors (Lipinski definition) is 2. The van der Waals surface area contributed by atoms with Gasteiger partial charge < -0.3 is 4.74 Å². The Balaban J connectivity index is 1.83. The zero-order valence-electron chi connectivity index (χ0n) is 14.3. The molecule has 0 aromatic heterocycles. The highest BCUT2D eigenvalue weighted by Crippen LogP contribution is 2.56. The van der Waals surface area contributed by atoms with E-state index in [1.54, 1.807) is 6.92 Å². The van der Waals surface area contributed by atoms with E-state index in [2.05, 4.69) is 6.58 Å². The minimum absolute atomic E-state index is 0.153. The molecular weight excluding hydrogens is 272 g/mol. The summed E-state index contributed by atoms with van der Waals surface area (Å²) in [5.74, 6) is 0.440. The van der Waals surface area contributed by atoms with Crippen LogP contribution in [0.4, 0.5) is 0 Å². The van der Waals surface area contributed by atoms with Crippen LogP contribution in [0, 0.1) is 11.3 Å². The minimum Gasteiger partial charge on any atom is -0.455 e. The summed E-state index contributed by atoms with van der Waals surface area (Å²) in [6.07, 6.45) is 16.8. The fourth-order valence-corrected chi connectivity index (χ4v) is 5.55. The van der Waals surface area contributed by atoms with Gasteiger partial charge in [0.1, 0.15) is 5.60 Å². The van der Waals surface area contributed by atoms with Gasteiger partial charge >= 0.3 is 5.97 Å². The molecule has 3 aliphatic carbocycles. The van der Waals surface area contributed by atoms with Crippen LogP contribution in [0.25, 0.3) is 0 Å². The van der Waals surface area contributed by atoms with E-state index in [4.69, 9.17) is 4.74 Å². The molecule has 0 amide bonds. The molecule has 124 valence electrons. The van der Waals surface area contributed by atoms with Crippen molar-refractivity contribution < 1.29 is 9.53 Å². The highest BCUT2D eigenvalue weighted by molar-refractivity contribution is 5.87. The first-order valence-electron chi connectivity index (χ1n) is 9.44. The second-order valence-corrected chi connectivity index (χ2v) is 8.31. The molecule has 0 aromatic carbocycles. The second kappa shape index (κ2) is 6.37. The summed E-state index contributed by atoms with van der Waals surface area (Å²) in [6, 6.07) is 0. The molecule has 2 nitrogen and oxygen atoms in total. The van der Waals surface area contributed by atoms with Gasteiger partial charge in [0.05, 0.1) is 0 Å². The molecule has 0 aliphatic heterocycles. The molecular formula is C20H32O2. The van der Waals surface area contributed by atoms with Gasteiger partial charge in [0.2, 0.25) is 0 Å². The number of carbonyl (C=O) groups is 1. The summed E-state index contributed by atoms with van der Waals surface area (Å²) >= 11 is 0. The van der Waals surface area contributed by atoms with Gasteiger partial charge in [0, 0.05) is 5.57 Å². The van der Waals surface area contributed by atoms with Gasteiger partial charge in [-0.3, -0.25) is 0 Å². The smallest absolute Gasteiger partial charge is 0.333 e. The molecule has 1 spiro atoms. The zero-order chi connectivity index (χ0) is 15.6. The first kappa shape index (κ1) is 16.1. The molecule has 2 heteroatoms. The van der Waals surface area contributed by atoms with Crippen molar-refractivity contribution in [2.75, 3.05) is 0 Å². The fraction of sp³-hybridized carbons (Fsp3) is 0.850. The van der Waals surface area contributed by atoms with E-state index < -0.39 is 0 Å². The maximum Gasteiger partial charge on any atom is 0.333 e. The third kappa shape index (κ3) is 3.12. The molecule has 0 aromatic rings. The Hall–Kier alpha value is -0.790. The molecule has 1 unspecified atom stereocenters. The van der Waals surface area contributed by atoms with Crippen LogP contribution in [0.1, 0.15) is 90.4 Å². The summed E-state index contributed by atoms with van der Waals surface area (Å²) < 4.78 is 6.21. The van der Waals surface area contributed by atoms with Crippen molar-refractivity contribution in [2.45, 2.75) is 96.0 Å². The zero-order valence-corrected chi connectivity index (χ0v) is 14.3. The van der Waals surface area contributed by atoms with Gasteiger partial charge in [-0.1, -0.05) is 38.7 Å². The first-order valence-corrected chi connectivity index (χ1v) is 9.44. The predicted molar refractivity (Wildman–Crippen MR) is 89.6 cm³/mol. The summed E-state index contributed by atoms with van der Waals surface area (Å²) in [7, 11) is 0. The predicted octanol–water partition coefficient (Wildman–Crippen LogP) is 5.56. The monoisotopic (exact) mass is 304 g/mol. The van der Waals surface area contributed by atoms with Gasteiger partial charge in [-0.25, -0.2) is 4.79 Å². The SMILES string of the molecule is C=C(C)C(=O)OC1(C2CCCC2)CCCC2(CCCCC2)C1. The van der Waals surface area contributed by atoms with Crippen LogP contribution in [-0.2, 0) is 9.53 Å². The van der Waals surface area contributed by atoms with Crippen molar-refractivity contribution in [1.29, 1.82) is 0 Å². The standard InChI is InChI=1S/C20H32O2/c1-16(2)18(21)22-20(17-9-4-5-10-17)14-8-13-19(15-20)11-6-3-7-12-19/h17H,1,3-15H2,2H3. The van der Waals surface area contributed by atoms with Crippen LogP contribution in [0.15, 0.2) is 12.2 Å². The van der Waals surface area contributed by atoms with E-state index in [-0.39, 0.29) is 11.6 Å². The normalized spacial score (nSPS) is 32.0. The Morgan fingerprint density at radius 3 is 2.23 bits per heavy atom. The maximum absolute atomic E-state index is 12.3. The van der Waals surface area contributed by atoms with Gasteiger partial charge in [-0.15, -0.1) is 0 Å². The third-order valence-corrected chi connectivity index (χ3v) is 6.64. The van der Waals surface area contributed by atoms with E-state index in [1.165, 1.54) is 70.6 Å². The third-order valence-electron chi connectivity index (χ3n) is 6.64. The lowest BCUT2D eigenvalue weighted by Crippen LogP contribution is -2.50. The van der Waals surface area contributed by atoms with Gasteiger partial charge in [-0.05, 0) is 69.6 Å². The van der Waals surface area contributed by atoms with Crippen molar-refractivity contribution in [3.8, 4) is 0 Å². The average molecular weight is 304 g/mol. The van der Waals surface area contributed by atoms with Crippen molar-refractivity contribution in [3.05, 3.63) is 12.2 Å². The molecule has 0 radical (unpaired) electrons. The van der Waals surface area contributed by atoms with E-state index in [1.807, 2.05) is 0 Å². The summed E-state index contributed by atoms with van der Waals surface area (Å²) in [5, 5.41) is 0. The lowest BCUT2D eigenvalue weighted by molar-refractivity contribution is -0.175. The number of rotatable bonds is 3. The lowest BCUT2D eigenvalue weighted by Gasteiger charge is -2.51. The minimum atomic E-state index is -0.178. The van der Waals surface area contributed by atoms with Crippen LogP contribution in [0.3, 0.4) is 0 Å². The van der Waals surface area contributed by atoms with E-state index in [9.17, 15) is 4.79 Å². The fourth-order valence-electron chi connectivity index (χ4n) is 5.55. The molecule has 1 atom stereocenters. The Kier molecular flexibility index (Phi) is 4.66. The Morgan fingerprint density at radius 2 is 1.59 bits per heavy atom. The molecule has 0 bridgehead atoms. The summed E-state index contributed by atoms with van der Waals surface area (Å²) in [4.78, 5) is 12.3. The first-order chi connectivity index (χ1) is 10.6. The number of ether oxygens (including phenoxy) is 1. The van der Waals surface area contributed by atoms with E-state index in [0.717, 1.165) is 12.8 Å². The van der Waals surface area contributed by atoms with Gasteiger partial charge in [-0.2, -0.15) is 0 Å². The van der Waals surface area contributed by atoms with Crippen molar-refractivity contribution in [2.24, 2.45) is 11.3 Å². The van der Waals surface area contributed by atoms with Crippen LogP contribution in [-0.4, -0.2) is 11.6 Å². The Labute approximate surface area is 135 Å². The van der Waals surface area contributed by atoms with Crippen LogP contribution < -0.4 is 0 Å². The largest absolute Gasteiger partial charge is 0.455 e. The van der Waals surface area contributed by atoms with Gasteiger partial charge in [0.25, 0.3) is 0 Å². The molecule has 3 aliphatic rings. The van der Waals surface area contributed by atoms with E-state index >= 15 is 0 Å². The number of carbonyl (C=O) groups excluding carboxylic acids is 1. The van der Waals surface area contributed by atoms with Crippen LogP contribution in [0.2, 0.25) is 0 Å². The molecule has 0 N–H and O–H groups in total. The number of esters is 1. The van der Waals surface area contributed by atoms with Crippen molar-refractivity contribution in [1.82, 2.24) is 0 Å². The maximum atomic E-state index is 12.3. The Morgan fingerprint density at radius 1 is 0.955 bits per heavy atom. The highest BCUT2D eigenvalue weighted by Gasteiger charge is 2.51. The number of hydrogen-bond donors (Lipinski definition) is 0. The lowest BCUT2D eigenvalue weighted by atomic mass is 9.58. The highest BCUT2D eigenvalue weighted by atomic mass is 16.6. The summed E-state index contributed by atoms with van der Waals surface area (Å²) in [6.45, 7) is 5.59. The Bertz CT molecular complexity index is 421. The molecule has 3 fully saturated rings. The van der Waals surface area contributed by atoms with Crippen molar-refractivity contribution in [3.63, 3.8) is 0 Å². The molecule has 0 heterocycles. The molecule has 3 rings (SSSR count).